The number of non-ortho nitro benzene ring substituents is 1. The summed E-state index contributed by atoms with van der Waals surface area (Å²) in [7, 11) is 0. The zero-order valence-electron chi connectivity index (χ0n) is 17.0. The van der Waals surface area contributed by atoms with Crippen molar-refractivity contribution in [3.8, 4) is 11.8 Å². The molecule has 32 heavy (non-hydrogen) atoms. The number of hydrogen-bond donors (Lipinski definition) is 1. The van der Waals surface area contributed by atoms with E-state index in [2.05, 4.69) is 5.32 Å². The maximum absolute atomic E-state index is 13.7. The summed E-state index contributed by atoms with van der Waals surface area (Å²) < 4.78 is 19.2. The molecule has 0 saturated heterocycles. The van der Waals surface area contributed by atoms with Crippen LogP contribution in [-0.2, 0) is 11.4 Å². The Morgan fingerprint density at radius 3 is 2.56 bits per heavy atom. The van der Waals surface area contributed by atoms with Crippen LogP contribution in [0, 0.1) is 34.2 Å². The Labute approximate surface area is 183 Å². The molecule has 0 spiro atoms. The molecule has 3 rings (SSSR count). The smallest absolute Gasteiger partial charge is 0.271 e. The molecule has 8 heteroatoms. The molecule has 0 heterocycles. The van der Waals surface area contributed by atoms with Crippen molar-refractivity contribution in [2.75, 3.05) is 5.32 Å². The van der Waals surface area contributed by atoms with Gasteiger partial charge in [0.2, 0.25) is 0 Å². The molecule has 0 bridgehead atoms. The van der Waals surface area contributed by atoms with Crippen molar-refractivity contribution in [3.63, 3.8) is 0 Å². The quantitative estimate of drug-likeness (QED) is 0.241. The van der Waals surface area contributed by atoms with Gasteiger partial charge < -0.3 is 10.1 Å². The lowest BCUT2D eigenvalue weighted by Gasteiger charge is -2.08. The second-order valence-corrected chi connectivity index (χ2v) is 6.83. The van der Waals surface area contributed by atoms with Crippen LogP contribution in [0.25, 0.3) is 6.08 Å². The largest absolute Gasteiger partial charge is 0.489 e. The zero-order valence-corrected chi connectivity index (χ0v) is 17.0. The maximum atomic E-state index is 13.7. The van der Waals surface area contributed by atoms with E-state index in [9.17, 15) is 24.6 Å². The number of carbonyl (C=O) groups excluding carboxylic acids is 1. The van der Waals surface area contributed by atoms with Gasteiger partial charge in [-0.2, -0.15) is 5.26 Å². The highest BCUT2D eigenvalue weighted by Crippen LogP contribution is 2.23. The van der Waals surface area contributed by atoms with Gasteiger partial charge in [-0.05, 0) is 42.3 Å². The molecule has 0 aliphatic heterocycles. The van der Waals surface area contributed by atoms with E-state index < -0.39 is 10.8 Å². The average molecular weight is 431 g/mol. The molecule has 0 aromatic heterocycles. The predicted molar refractivity (Wildman–Crippen MR) is 117 cm³/mol. The second kappa shape index (κ2) is 10.00. The van der Waals surface area contributed by atoms with Crippen LogP contribution in [-0.4, -0.2) is 10.8 Å². The van der Waals surface area contributed by atoms with Crippen LogP contribution in [0.1, 0.15) is 16.7 Å². The molecule has 160 valence electrons. The molecular weight excluding hydrogens is 413 g/mol. The van der Waals surface area contributed by atoms with Crippen molar-refractivity contribution < 1.29 is 18.8 Å². The average Bonchev–Trinajstić information content (AvgIpc) is 2.79. The Hall–Kier alpha value is -4.51. The number of aryl methyl sites for hydroxylation is 1. The number of amides is 1. The predicted octanol–water partition coefficient (Wildman–Crippen LogP) is 5.17. The molecule has 1 amide bonds. The summed E-state index contributed by atoms with van der Waals surface area (Å²) in [4.78, 5) is 22.9. The third kappa shape index (κ3) is 5.55. The number of ether oxygens (including phenoxy) is 1. The fourth-order valence-electron chi connectivity index (χ4n) is 2.80. The standard InChI is InChI=1S/C24H18FN3O4/c1-16-6-9-20(28(30)31)13-23(16)27-24(29)19(14-26)12-17-7-10-21(11-8-17)32-15-18-4-2-3-5-22(18)25/h2-13H,15H2,1H3,(H,27,29)/b19-12+. The number of rotatable bonds is 7. The summed E-state index contributed by atoms with van der Waals surface area (Å²) in [6, 6.07) is 18.8. The molecule has 7 nitrogen and oxygen atoms in total. The molecular formula is C24H18FN3O4. The number of nitro benzene ring substituents is 1. The fourth-order valence-corrected chi connectivity index (χ4v) is 2.80. The number of nitrogens with one attached hydrogen (secondary N) is 1. The van der Waals surface area contributed by atoms with Gasteiger partial charge in [-0.25, -0.2) is 4.39 Å². The summed E-state index contributed by atoms with van der Waals surface area (Å²) >= 11 is 0. The number of nitro groups is 1. The van der Waals surface area contributed by atoms with Crippen LogP contribution in [0.5, 0.6) is 5.75 Å². The van der Waals surface area contributed by atoms with Crippen LogP contribution in [0.2, 0.25) is 0 Å². The number of anilines is 1. The van der Waals surface area contributed by atoms with Gasteiger partial charge in [0.1, 0.15) is 29.8 Å². The van der Waals surface area contributed by atoms with Crippen LogP contribution in [0.4, 0.5) is 15.8 Å². The van der Waals surface area contributed by atoms with E-state index in [1.807, 2.05) is 6.07 Å². The number of nitrogens with zero attached hydrogens (tertiary/aromatic N) is 2. The van der Waals surface area contributed by atoms with E-state index in [-0.39, 0.29) is 29.4 Å². The van der Waals surface area contributed by atoms with Gasteiger partial charge in [-0.15, -0.1) is 0 Å². The molecule has 3 aromatic carbocycles. The highest BCUT2D eigenvalue weighted by atomic mass is 19.1. The summed E-state index contributed by atoms with van der Waals surface area (Å²) in [5.41, 5.74) is 1.54. The van der Waals surface area contributed by atoms with Gasteiger partial charge in [-0.1, -0.05) is 36.4 Å². The molecule has 0 aliphatic rings. The molecule has 0 fully saturated rings. The normalized spacial score (nSPS) is 10.8. The number of nitriles is 1. The van der Waals surface area contributed by atoms with Gasteiger partial charge in [0.25, 0.3) is 11.6 Å². The first-order valence-corrected chi connectivity index (χ1v) is 9.52. The highest BCUT2D eigenvalue weighted by Gasteiger charge is 2.14. The lowest BCUT2D eigenvalue weighted by atomic mass is 10.1. The van der Waals surface area contributed by atoms with Crippen molar-refractivity contribution in [1.29, 1.82) is 5.26 Å². The Balaban J connectivity index is 1.70. The second-order valence-electron chi connectivity index (χ2n) is 6.83. The fraction of sp³-hybridized carbons (Fsp3) is 0.0833. The number of carbonyl (C=O) groups is 1. The van der Waals surface area contributed by atoms with Crippen LogP contribution in [0.3, 0.4) is 0 Å². The Kier molecular flexibility index (Phi) is 6.93. The minimum atomic E-state index is -0.684. The van der Waals surface area contributed by atoms with E-state index in [1.54, 1.807) is 49.4 Å². The van der Waals surface area contributed by atoms with Gasteiger partial charge in [0.15, 0.2) is 0 Å². The third-order valence-corrected chi connectivity index (χ3v) is 4.59. The van der Waals surface area contributed by atoms with Crippen LogP contribution in [0.15, 0.2) is 72.3 Å². The minimum absolute atomic E-state index is 0.0657. The monoisotopic (exact) mass is 431 g/mol. The first kappa shape index (κ1) is 22.2. The first-order valence-electron chi connectivity index (χ1n) is 9.52. The third-order valence-electron chi connectivity index (χ3n) is 4.59. The topological polar surface area (TPSA) is 105 Å². The van der Waals surface area contributed by atoms with E-state index in [4.69, 9.17) is 4.74 Å². The van der Waals surface area contributed by atoms with E-state index >= 15 is 0 Å². The summed E-state index contributed by atoms with van der Waals surface area (Å²) in [6.07, 6.45) is 1.39. The van der Waals surface area contributed by atoms with Gasteiger partial charge in [-0.3, -0.25) is 14.9 Å². The van der Waals surface area contributed by atoms with E-state index in [0.29, 0.717) is 22.4 Å². The summed E-state index contributed by atoms with van der Waals surface area (Å²) in [5, 5.41) is 22.9. The molecule has 0 radical (unpaired) electrons. The van der Waals surface area contributed by atoms with Crippen molar-refractivity contribution >= 4 is 23.4 Å². The van der Waals surface area contributed by atoms with E-state index in [1.165, 1.54) is 30.3 Å². The number of hydrogen-bond acceptors (Lipinski definition) is 5. The summed E-state index contributed by atoms with van der Waals surface area (Å²) in [5.74, 6) is -0.535. The van der Waals surface area contributed by atoms with Crippen LogP contribution >= 0.6 is 0 Å². The van der Waals surface area contributed by atoms with Crippen molar-refractivity contribution in [3.05, 3.63) is 105 Å². The Bertz CT molecular complexity index is 1230. The minimum Gasteiger partial charge on any atom is -0.489 e. The molecule has 0 saturated carbocycles. The Morgan fingerprint density at radius 2 is 1.91 bits per heavy atom. The highest BCUT2D eigenvalue weighted by molar-refractivity contribution is 6.10. The Morgan fingerprint density at radius 1 is 1.19 bits per heavy atom. The van der Waals surface area contributed by atoms with E-state index in [0.717, 1.165) is 0 Å². The molecule has 0 unspecified atom stereocenters. The molecule has 0 atom stereocenters. The van der Waals surface area contributed by atoms with Gasteiger partial charge in [0, 0.05) is 17.7 Å². The lowest BCUT2D eigenvalue weighted by Crippen LogP contribution is -2.14. The molecule has 1 N–H and O–H groups in total. The maximum Gasteiger partial charge on any atom is 0.271 e. The number of halogens is 1. The lowest BCUT2D eigenvalue weighted by molar-refractivity contribution is -0.384. The van der Waals surface area contributed by atoms with Gasteiger partial charge >= 0.3 is 0 Å². The van der Waals surface area contributed by atoms with Crippen molar-refractivity contribution in [1.82, 2.24) is 0 Å². The SMILES string of the molecule is Cc1ccc([N+](=O)[O-])cc1NC(=O)/C(C#N)=C/c1ccc(OCc2ccccc2F)cc1. The first-order chi connectivity index (χ1) is 15.4. The zero-order chi connectivity index (χ0) is 23.1. The number of benzene rings is 3. The molecule has 0 aliphatic carbocycles. The molecule has 3 aromatic rings. The van der Waals surface area contributed by atoms with Crippen molar-refractivity contribution in [2.24, 2.45) is 0 Å². The van der Waals surface area contributed by atoms with Crippen molar-refractivity contribution in [2.45, 2.75) is 13.5 Å². The van der Waals surface area contributed by atoms with Crippen LogP contribution < -0.4 is 10.1 Å². The van der Waals surface area contributed by atoms with Gasteiger partial charge in [0.05, 0.1) is 10.6 Å². The summed E-state index contributed by atoms with van der Waals surface area (Å²) in [6.45, 7) is 1.76.